The van der Waals surface area contributed by atoms with Crippen LogP contribution in [0.4, 0.5) is 0 Å². The van der Waals surface area contributed by atoms with Crippen molar-refractivity contribution in [1.29, 1.82) is 0 Å². The Bertz CT molecular complexity index is 506. The van der Waals surface area contributed by atoms with Crippen molar-refractivity contribution >= 4 is 28.4 Å². The van der Waals surface area contributed by atoms with Crippen LogP contribution in [0.1, 0.15) is 5.56 Å². The number of ketones is 1. The molecule has 2 nitrogen and oxygen atoms in total. The largest absolute Gasteiger partial charge is 0.486 e. The van der Waals surface area contributed by atoms with Gasteiger partial charge < -0.3 is 4.74 Å². The zero-order valence-electron chi connectivity index (χ0n) is 9.80. The van der Waals surface area contributed by atoms with Gasteiger partial charge in [0.05, 0.1) is 0 Å². The normalized spacial score (nSPS) is 10.1. The third-order valence-electron chi connectivity index (χ3n) is 2.46. The Kier molecular flexibility index (Phi) is 4.75. The lowest BCUT2D eigenvalue weighted by molar-refractivity contribution is -0.120. The predicted molar refractivity (Wildman–Crippen MR) is 79.8 cm³/mol. The molecule has 2 aromatic rings. The fourth-order valence-corrected chi connectivity index (χ4v) is 1.92. The van der Waals surface area contributed by atoms with Crippen LogP contribution in [0.25, 0.3) is 0 Å². The molecule has 0 aliphatic carbocycles. The van der Waals surface area contributed by atoms with Gasteiger partial charge >= 0.3 is 0 Å². The summed E-state index contributed by atoms with van der Waals surface area (Å²) in [6, 6.07) is 17.3. The third-order valence-corrected chi connectivity index (χ3v) is 3.18. The van der Waals surface area contributed by atoms with E-state index in [2.05, 4.69) is 22.6 Å². The monoisotopic (exact) mass is 352 g/mol. The van der Waals surface area contributed by atoms with Crippen molar-refractivity contribution in [2.45, 2.75) is 6.42 Å². The van der Waals surface area contributed by atoms with Crippen LogP contribution in [-0.4, -0.2) is 12.4 Å². The first kappa shape index (κ1) is 13.1. The third kappa shape index (κ3) is 4.14. The molecule has 0 N–H and O–H groups in total. The van der Waals surface area contributed by atoms with E-state index in [9.17, 15) is 4.79 Å². The summed E-state index contributed by atoms with van der Waals surface area (Å²) in [5.41, 5.74) is 1.03. The molecule has 2 rings (SSSR count). The second-order valence-electron chi connectivity index (χ2n) is 3.94. The van der Waals surface area contributed by atoms with Crippen molar-refractivity contribution in [3.63, 3.8) is 0 Å². The van der Waals surface area contributed by atoms with Crippen molar-refractivity contribution in [3.05, 3.63) is 63.7 Å². The lowest BCUT2D eigenvalue weighted by Gasteiger charge is -2.05. The van der Waals surface area contributed by atoms with Crippen LogP contribution in [0.3, 0.4) is 0 Å². The number of hydrogen-bond acceptors (Lipinski definition) is 2. The quantitative estimate of drug-likeness (QED) is 0.771. The lowest BCUT2D eigenvalue weighted by Crippen LogP contribution is -2.13. The molecule has 0 radical (unpaired) electrons. The fraction of sp³-hybridized carbons (Fsp3) is 0.133. The van der Waals surface area contributed by atoms with Crippen LogP contribution in [0.5, 0.6) is 5.75 Å². The van der Waals surface area contributed by atoms with E-state index < -0.39 is 0 Å². The number of hydrogen-bond donors (Lipinski definition) is 0. The summed E-state index contributed by atoms with van der Waals surface area (Å²) in [6.45, 7) is 0.121. The average Bonchev–Trinajstić information content (AvgIpc) is 2.40. The predicted octanol–water partition coefficient (Wildman–Crippen LogP) is 3.48. The number of benzene rings is 2. The molecule has 0 saturated carbocycles. The summed E-state index contributed by atoms with van der Waals surface area (Å²) in [5, 5.41) is 0. The Hall–Kier alpha value is -1.36. The van der Waals surface area contributed by atoms with Gasteiger partial charge in [-0.3, -0.25) is 4.79 Å². The average molecular weight is 352 g/mol. The van der Waals surface area contributed by atoms with E-state index >= 15 is 0 Å². The highest BCUT2D eigenvalue weighted by atomic mass is 127. The van der Waals surface area contributed by atoms with Crippen molar-refractivity contribution in [2.75, 3.05) is 6.61 Å². The summed E-state index contributed by atoms with van der Waals surface area (Å²) in [7, 11) is 0. The van der Waals surface area contributed by atoms with Gasteiger partial charge in [-0.25, -0.2) is 0 Å². The Labute approximate surface area is 120 Å². The topological polar surface area (TPSA) is 26.3 Å². The van der Waals surface area contributed by atoms with Gasteiger partial charge in [0.15, 0.2) is 5.78 Å². The molecule has 0 unspecified atom stereocenters. The Morgan fingerprint density at radius 2 is 1.67 bits per heavy atom. The van der Waals surface area contributed by atoms with Gasteiger partial charge in [-0.05, 0) is 52.4 Å². The number of halogens is 1. The molecular weight excluding hydrogens is 339 g/mol. The standard InChI is InChI=1S/C15H13IO2/c16-13-8-6-12(7-9-13)10-14(17)11-18-15-4-2-1-3-5-15/h1-9H,10-11H2. The van der Waals surface area contributed by atoms with Crippen LogP contribution in [-0.2, 0) is 11.2 Å². The van der Waals surface area contributed by atoms with Crippen LogP contribution in [0.15, 0.2) is 54.6 Å². The number of rotatable bonds is 5. The maximum absolute atomic E-state index is 11.7. The molecule has 0 fully saturated rings. The number of Topliss-reactive ketones (excluding diaryl/α,β-unsaturated/α-hetero) is 1. The van der Waals surface area contributed by atoms with Crippen molar-refractivity contribution in [1.82, 2.24) is 0 Å². The van der Waals surface area contributed by atoms with E-state index in [1.807, 2.05) is 54.6 Å². The highest BCUT2D eigenvalue weighted by Gasteiger charge is 2.04. The van der Waals surface area contributed by atoms with Crippen LogP contribution in [0, 0.1) is 3.57 Å². The number of para-hydroxylation sites is 1. The van der Waals surface area contributed by atoms with Gasteiger partial charge in [0.2, 0.25) is 0 Å². The van der Waals surface area contributed by atoms with E-state index in [1.165, 1.54) is 3.57 Å². The van der Waals surface area contributed by atoms with Gasteiger partial charge in [-0.1, -0.05) is 30.3 Å². The minimum atomic E-state index is 0.0834. The maximum atomic E-state index is 11.7. The molecule has 0 bridgehead atoms. The van der Waals surface area contributed by atoms with Gasteiger partial charge in [-0.2, -0.15) is 0 Å². The smallest absolute Gasteiger partial charge is 0.174 e. The van der Waals surface area contributed by atoms with E-state index in [0.717, 1.165) is 11.3 Å². The molecule has 0 aliphatic rings. The van der Waals surface area contributed by atoms with Crippen LogP contribution in [0.2, 0.25) is 0 Å². The van der Waals surface area contributed by atoms with Crippen molar-refractivity contribution < 1.29 is 9.53 Å². The summed E-state index contributed by atoms with van der Waals surface area (Å²) in [6.07, 6.45) is 0.420. The minimum absolute atomic E-state index is 0.0834. The number of ether oxygens (including phenoxy) is 1. The van der Waals surface area contributed by atoms with Gasteiger partial charge in [-0.15, -0.1) is 0 Å². The van der Waals surface area contributed by atoms with E-state index in [1.54, 1.807) is 0 Å². The highest BCUT2D eigenvalue weighted by Crippen LogP contribution is 2.10. The highest BCUT2D eigenvalue weighted by molar-refractivity contribution is 14.1. The first-order valence-electron chi connectivity index (χ1n) is 5.68. The zero-order chi connectivity index (χ0) is 12.8. The first-order chi connectivity index (χ1) is 8.74. The minimum Gasteiger partial charge on any atom is -0.486 e. The molecular formula is C15H13IO2. The molecule has 0 saturated heterocycles. The molecule has 2 aromatic carbocycles. The number of carbonyl (C=O) groups excluding carboxylic acids is 1. The molecule has 18 heavy (non-hydrogen) atoms. The second-order valence-corrected chi connectivity index (χ2v) is 5.19. The van der Waals surface area contributed by atoms with Gasteiger partial charge in [0, 0.05) is 9.99 Å². The maximum Gasteiger partial charge on any atom is 0.174 e. The van der Waals surface area contributed by atoms with Gasteiger partial charge in [0.25, 0.3) is 0 Å². The Morgan fingerprint density at radius 1 is 1.00 bits per heavy atom. The van der Waals surface area contributed by atoms with Crippen molar-refractivity contribution in [2.24, 2.45) is 0 Å². The second kappa shape index (κ2) is 6.54. The molecule has 0 aromatic heterocycles. The number of carbonyl (C=O) groups is 1. The fourth-order valence-electron chi connectivity index (χ4n) is 1.56. The summed E-state index contributed by atoms with van der Waals surface area (Å²) < 4.78 is 6.58. The van der Waals surface area contributed by atoms with Crippen molar-refractivity contribution in [3.8, 4) is 5.75 Å². The van der Waals surface area contributed by atoms with E-state index in [4.69, 9.17) is 4.74 Å². The molecule has 0 heterocycles. The summed E-state index contributed by atoms with van der Waals surface area (Å²) in [4.78, 5) is 11.7. The first-order valence-corrected chi connectivity index (χ1v) is 6.76. The van der Waals surface area contributed by atoms with Crippen LogP contribution >= 0.6 is 22.6 Å². The molecule has 0 spiro atoms. The lowest BCUT2D eigenvalue weighted by atomic mass is 10.1. The molecule has 0 amide bonds. The van der Waals surface area contributed by atoms with Gasteiger partial charge in [0.1, 0.15) is 12.4 Å². The molecule has 0 aliphatic heterocycles. The molecule has 92 valence electrons. The zero-order valence-corrected chi connectivity index (χ0v) is 12.0. The summed E-state index contributed by atoms with van der Waals surface area (Å²) >= 11 is 2.24. The summed E-state index contributed by atoms with van der Waals surface area (Å²) in [5.74, 6) is 0.813. The SMILES string of the molecule is O=C(COc1ccccc1)Cc1ccc(I)cc1. The Balaban J connectivity index is 1.84. The Morgan fingerprint density at radius 3 is 2.33 bits per heavy atom. The van der Waals surface area contributed by atoms with E-state index in [0.29, 0.717) is 6.42 Å². The van der Waals surface area contributed by atoms with E-state index in [-0.39, 0.29) is 12.4 Å². The van der Waals surface area contributed by atoms with Crippen LogP contribution < -0.4 is 4.74 Å². The molecule has 3 heteroatoms. The molecule has 0 atom stereocenters.